The fourth-order valence-electron chi connectivity index (χ4n) is 2.87. The van der Waals surface area contributed by atoms with Gasteiger partial charge in [-0.05, 0) is 38.2 Å². The molecule has 1 heterocycles. The Labute approximate surface area is 206 Å². The Bertz CT molecular complexity index is 1230. The molecule has 3 rings (SSSR count). The molecule has 3 aromatic rings. The molecule has 0 saturated carbocycles. The summed E-state index contributed by atoms with van der Waals surface area (Å²) in [6.07, 6.45) is 1.51. The van der Waals surface area contributed by atoms with E-state index in [9.17, 15) is 17.2 Å². The van der Waals surface area contributed by atoms with Gasteiger partial charge in [0.1, 0.15) is 16.5 Å². The predicted octanol–water partition coefficient (Wildman–Crippen LogP) is 5.00. The number of likely N-dealkylation sites (N-methyl/N-ethyl adjacent to an activating group) is 2. The lowest BCUT2D eigenvalue weighted by Crippen LogP contribution is -2.27. The number of sulfonamides is 1. The van der Waals surface area contributed by atoms with E-state index in [1.807, 2.05) is 4.90 Å². The van der Waals surface area contributed by atoms with Crippen molar-refractivity contribution in [1.82, 2.24) is 10.3 Å². The van der Waals surface area contributed by atoms with Crippen molar-refractivity contribution in [1.29, 1.82) is 0 Å². The van der Waals surface area contributed by atoms with Crippen molar-refractivity contribution in [2.24, 2.45) is 0 Å². The third-order valence-electron chi connectivity index (χ3n) is 4.49. The highest BCUT2D eigenvalue weighted by atomic mass is 35.5. The van der Waals surface area contributed by atoms with Crippen LogP contribution in [-0.2, 0) is 10.0 Å². The Morgan fingerprint density at radius 2 is 1.91 bits per heavy atom. The molecular weight excluding hydrogens is 515 g/mol. The molecular formula is C20H23Cl2F2N5O2S2. The zero-order chi connectivity index (χ0) is 23.5. The first-order valence-corrected chi connectivity index (χ1v) is 12.1. The van der Waals surface area contributed by atoms with E-state index in [4.69, 9.17) is 11.6 Å². The standard InChI is InChI=1S/C20H22ClF2N5O2S2.ClH/c1-12-11-25-20(31-12)27-32(29,30)19-9-14(21)17(10-15(19)23)26-16-5-4-13(22)8-18(16)28(3)7-6-24-2;/h4-5,8-11,24,26H,6-7H2,1-3H3,(H,25,27);1H. The molecule has 3 N–H and O–H groups in total. The third kappa shape index (κ3) is 6.67. The average molecular weight is 538 g/mol. The monoisotopic (exact) mass is 537 g/mol. The van der Waals surface area contributed by atoms with Crippen molar-refractivity contribution in [3.05, 3.63) is 58.1 Å². The Kier molecular flexibility index (Phi) is 9.27. The van der Waals surface area contributed by atoms with E-state index in [0.717, 1.165) is 28.3 Å². The minimum absolute atomic E-state index is 0. The van der Waals surface area contributed by atoms with E-state index < -0.39 is 26.6 Å². The fourth-order valence-corrected chi connectivity index (χ4v) is 5.14. The first kappa shape index (κ1) is 27.1. The van der Waals surface area contributed by atoms with Gasteiger partial charge < -0.3 is 15.5 Å². The van der Waals surface area contributed by atoms with Crippen LogP contribution >= 0.6 is 35.3 Å². The summed E-state index contributed by atoms with van der Waals surface area (Å²) < 4.78 is 56.1. The van der Waals surface area contributed by atoms with Crippen molar-refractivity contribution in [3.63, 3.8) is 0 Å². The van der Waals surface area contributed by atoms with Gasteiger partial charge >= 0.3 is 0 Å². The van der Waals surface area contributed by atoms with Crippen molar-refractivity contribution >= 4 is 67.6 Å². The summed E-state index contributed by atoms with van der Waals surface area (Å²) in [5.41, 5.74) is 1.16. The highest BCUT2D eigenvalue weighted by Gasteiger charge is 2.23. The summed E-state index contributed by atoms with van der Waals surface area (Å²) >= 11 is 7.41. The number of thiazole rings is 1. The lowest BCUT2D eigenvalue weighted by atomic mass is 10.2. The molecule has 0 aliphatic heterocycles. The van der Waals surface area contributed by atoms with Gasteiger partial charge in [0.05, 0.1) is 22.1 Å². The summed E-state index contributed by atoms with van der Waals surface area (Å²) in [7, 11) is -0.635. The van der Waals surface area contributed by atoms with Gasteiger partial charge in [0, 0.05) is 37.3 Å². The lowest BCUT2D eigenvalue weighted by Gasteiger charge is -2.23. The molecule has 0 aliphatic carbocycles. The van der Waals surface area contributed by atoms with Gasteiger partial charge in [-0.3, -0.25) is 4.72 Å². The Hall–Kier alpha value is -2.18. The van der Waals surface area contributed by atoms with Crippen LogP contribution < -0.4 is 20.3 Å². The molecule has 0 fully saturated rings. The second-order valence-corrected chi connectivity index (χ2v) is 10.2. The Morgan fingerprint density at radius 1 is 1.18 bits per heavy atom. The number of aryl methyl sites for hydroxylation is 1. The molecule has 13 heteroatoms. The Balaban J connectivity index is 0.00000385. The summed E-state index contributed by atoms with van der Waals surface area (Å²) in [6.45, 7) is 3.03. The molecule has 0 atom stereocenters. The number of hydrogen-bond donors (Lipinski definition) is 3. The number of anilines is 4. The first-order valence-electron chi connectivity index (χ1n) is 9.47. The molecule has 0 aliphatic rings. The normalized spacial score (nSPS) is 11.1. The molecule has 1 aromatic heterocycles. The molecule has 0 unspecified atom stereocenters. The van der Waals surface area contributed by atoms with Gasteiger partial charge in [-0.15, -0.1) is 23.7 Å². The maximum atomic E-state index is 14.8. The maximum Gasteiger partial charge on any atom is 0.266 e. The quantitative estimate of drug-likeness (QED) is 0.356. The zero-order valence-corrected chi connectivity index (χ0v) is 21.2. The van der Waals surface area contributed by atoms with Gasteiger partial charge in [0.2, 0.25) is 0 Å². The van der Waals surface area contributed by atoms with Crippen LogP contribution in [0.1, 0.15) is 4.88 Å². The molecule has 0 saturated heterocycles. The molecule has 0 radical (unpaired) electrons. The summed E-state index contributed by atoms with van der Waals surface area (Å²) in [4.78, 5) is 5.95. The largest absolute Gasteiger partial charge is 0.372 e. The van der Waals surface area contributed by atoms with Gasteiger partial charge in [-0.1, -0.05) is 11.6 Å². The third-order valence-corrected chi connectivity index (χ3v) is 7.12. The van der Waals surface area contributed by atoms with Gasteiger partial charge in [-0.2, -0.15) is 0 Å². The van der Waals surface area contributed by atoms with Crippen LogP contribution in [0.15, 0.2) is 41.4 Å². The number of nitrogens with one attached hydrogen (secondary N) is 3. The van der Waals surface area contributed by atoms with Crippen LogP contribution in [0.5, 0.6) is 0 Å². The smallest absolute Gasteiger partial charge is 0.266 e. The second kappa shape index (κ2) is 11.3. The molecule has 0 spiro atoms. The number of nitrogens with zero attached hydrogens (tertiary/aromatic N) is 2. The highest BCUT2D eigenvalue weighted by molar-refractivity contribution is 7.93. The number of benzene rings is 2. The number of aromatic nitrogens is 1. The first-order chi connectivity index (χ1) is 15.1. The molecule has 0 amide bonds. The second-order valence-electron chi connectivity index (χ2n) is 6.96. The van der Waals surface area contributed by atoms with Crippen LogP contribution in [0.4, 0.5) is 31.0 Å². The summed E-state index contributed by atoms with van der Waals surface area (Å²) in [5.74, 6) is -1.42. The minimum Gasteiger partial charge on any atom is -0.372 e. The summed E-state index contributed by atoms with van der Waals surface area (Å²) in [5, 5.41) is 6.09. The van der Waals surface area contributed by atoms with Gasteiger partial charge in [-0.25, -0.2) is 22.2 Å². The van der Waals surface area contributed by atoms with Crippen molar-refractivity contribution in [2.75, 3.05) is 42.1 Å². The van der Waals surface area contributed by atoms with Crippen molar-refractivity contribution in [3.8, 4) is 0 Å². The van der Waals surface area contributed by atoms with E-state index in [1.54, 1.807) is 21.0 Å². The zero-order valence-electron chi connectivity index (χ0n) is 17.9. The van der Waals surface area contributed by atoms with Crippen LogP contribution in [0.25, 0.3) is 0 Å². The van der Waals surface area contributed by atoms with E-state index in [0.29, 0.717) is 24.5 Å². The molecule has 7 nitrogen and oxygen atoms in total. The van der Waals surface area contributed by atoms with Crippen LogP contribution in [0.2, 0.25) is 5.02 Å². The number of rotatable bonds is 9. The van der Waals surface area contributed by atoms with E-state index in [1.165, 1.54) is 24.4 Å². The summed E-state index contributed by atoms with van der Waals surface area (Å²) in [6, 6.07) is 6.13. The number of hydrogen-bond acceptors (Lipinski definition) is 7. The van der Waals surface area contributed by atoms with Crippen molar-refractivity contribution in [2.45, 2.75) is 11.8 Å². The Morgan fingerprint density at radius 3 is 2.55 bits per heavy atom. The van der Waals surface area contributed by atoms with Gasteiger partial charge in [0.25, 0.3) is 10.0 Å². The lowest BCUT2D eigenvalue weighted by molar-refractivity contribution is 0.570. The van der Waals surface area contributed by atoms with E-state index >= 15 is 0 Å². The number of halogens is 4. The molecule has 2 aromatic carbocycles. The van der Waals surface area contributed by atoms with Crippen LogP contribution in [-0.4, -0.2) is 40.6 Å². The van der Waals surface area contributed by atoms with Gasteiger partial charge in [0.15, 0.2) is 5.13 Å². The van der Waals surface area contributed by atoms with Crippen LogP contribution in [0, 0.1) is 18.6 Å². The minimum atomic E-state index is -4.23. The highest BCUT2D eigenvalue weighted by Crippen LogP contribution is 2.35. The maximum absolute atomic E-state index is 14.8. The molecule has 180 valence electrons. The topological polar surface area (TPSA) is 86.4 Å². The predicted molar refractivity (Wildman–Crippen MR) is 133 cm³/mol. The fraction of sp³-hybridized carbons (Fsp3) is 0.250. The van der Waals surface area contributed by atoms with E-state index in [2.05, 4.69) is 20.3 Å². The average Bonchev–Trinajstić information content (AvgIpc) is 3.13. The van der Waals surface area contributed by atoms with E-state index in [-0.39, 0.29) is 28.2 Å². The van der Waals surface area contributed by atoms with Crippen molar-refractivity contribution < 1.29 is 17.2 Å². The molecule has 33 heavy (non-hydrogen) atoms. The van der Waals surface area contributed by atoms with Crippen LogP contribution in [0.3, 0.4) is 0 Å². The molecule has 0 bridgehead atoms. The SMILES string of the molecule is CNCCN(C)c1cc(F)ccc1Nc1cc(F)c(S(=O)(=O)Nc2ncc(C)s2)cc1Cl.Cl.